The van der Waals surface area contributed by atoms with Crippen LogP contribution in [-0.2, 0) is 9.53 Å². The summed E-state index contributed by atoms with van der Waals surface area (Å²) in [6.07, 6.45) is 0.762. The number of aromatic carboxylic acids is 1. The van der Waals surface area contributed by atoms with Gasteiger partial charge < -0.3 is 20.5 Å². The second-order valence-corrected chi connectivity index (χ2v) is 9.87. The lowest BCUT2D eigenvalue weighted by Crippen LogP contribution is -2.40. The number of alkyl carbamates (subject to hydrolysis) is 1. The Balaban J connectivity index is 1.20. The minimum absolute atomic E-state index is 0.00380. The Morgan fingerprint density at radius 2 is 1.60 bits per heavy atom. The van der Waals surface area contributed by atoms with Gasteiger partial charge in [0.1, 0.15) is 6.61 Å². The number of hydrogen-bond donors (Lipinski definition) is 3. The Bertz CT molecular complexity index is 1290. The molecule has 5 rings (SSSR count). The van der Waals surface area contributed by atoms with Crippen molar-refractivity contribution >= 4 is 39.6 Å². The number of carboxylic acids is 1. The van der Waals surface area contributed by atoms with Gasteiger partial charge in [0.2, 0.25) is 5.91 Å². The Labute approximate surface area is 210 Å². The molecule has 178 valence electrons. The van der Waals surface area contributed by atoms with Crippen molar-refractivity contribution in [3.8, 4) is 11.1 Å². The maximum absolute atomic E-state index is 12.7. The molecule has 2 aliphatic rings. The molecule has 1 fully saturated rings. The molecule has 0 atom stereocenters. The molecular formula is C27H23BrN2O5. The van der Waals surface area contributed by atoms with Gasteiger partial charge in [0, 0.05) is 10.4 Å². The van der Waals surface area contributed by atoms with Crippen LogP contribution in [0.3, 0.4) is 0 Å². The zero-order valence-electron chi connectivity index (χ0n) is 18.7. The number of benzene rings is 3. The minimum Gasteiger partial charge on any atom is -0.478 e. The van der Waals surface area contributed by atoms with Crippen LogP contribution in [0.4, 0.5) is 10.5 Å². The predicted octanol–water partition coefficient (Wildman–Crippen LogP) is 5.55. The average Bonchev–Trinajstić information content (AvgIpc) is 3.49. The monoisotopic (exact) mass is 534 g/mol. The van der Waals surface area contributed by atoms with E-state index in [-0.39, 0.29) is 36.1 Å². The normalized spacial score (nSPS) is 15.0. The van der Waals surface area contributed by atoms with Gasteiger partial charge in [0.25, 0.3) is 0 Å². The molecule has 0 unspecified atom stereocenters. The number of halogens is 1. The number of carbonyl (C=O) groups excluding carboxylic acids is 2. The zero-order valence-corrected chi connectivity index (χ0v) is 20.3. The number of amides is 2. The summed E-state index contributed by atoms with van der Waals surface area (Å²) in [6, 6.07) is 20.8. The fourth-order valence-corrected chi connectivity index (χ4v) is 5.02. The van der Waals surface area contributed by atoms with E-state index in [0.717, 1.165) is 22.3 Å². The number of carbonyl (C=O) groups is 3. The Morgan fingerprint density at radius 1 is 0.971 bits per heavy atom. The lowest BCUT2D eigenvalue weighted by atomic mass is 9.98. The molecule has 0 saturated heterocycles. The molecule has 3 aromatic carbocycles. The summed E-state index contributed by atoms with van der Waals surface area (Å²) in [5, 5.41) is 14.9. The van der Waals surface area contributed by atoms with E-state index in [1.165, 1.54) is 6.07 Å². The maximum atomic E-state index is 12.7. The molecule has 3 N–H and O–H groups in total. The van der Waals surface area contributed by atoms with Crippen LogP contribution >= 0.6 is 15.9 Å². The van der Waals surface area contributed by atoms with E-state index in [1.54, 1.807) is 12.1 Å². The van der Waals surface area contributed by atoms with Crippen LogP contribution in [0.1, 0.15) is 46.7 Å². The first kappa shape index (κ1) is 23.1. The van der Waals surface area contributed by atoms with Gasteiger partial charge in [0.05, 0.1) is 23.2 Å². The summed E-state index contributed by atoms with van der Waals surface area (Å²) in [5.41, 5.74) is 4.09. The maximum Gasteiger partial charge on any atom is 0.407 e. The molecule has 0 heterocycles. The van der Waals surface area contributed by atoms with E-state index in [1.807, 2.05) is 24.3 Å². The van der Waals surface area contributed by atoms with Crippen LogP contribution in [0.2, 0.25) is 0 Å². The van der Waals surface area contributed by atoms with Crippen molar-refractivity contribution in [3.05, 3.63) is 87.9 Å². The molecule has 0 aliphatic heterocycles. The van der Waals surface area contributed by atoms with Gasteiger partial charge in [-0.05, 0) is 53.3 Å². The van der Waals surface area contributed by atoms with Crippen LogP contribution in [-0.4, -0.2) is 35.2 Å². The fourth-order valence-electron chi connectivity index (χ4n) is 4.66. The van der Waals surface area contributed by atoms with Gasteiger partial charge in [-0.15, -0.1) is 0 Å². The number of nitrogens with one attached hydrogen (secondary N) is 2. The molecule has 0 bridgehead atoms. The second kappa shape index (κ2) is 9.19. The third kappa shape index (κ3) is 4.79. The number of hydrogen-bond acceptors (Lipinski definition) is 4. The van der Waals surface area contributed by atoms with E-state index in [0.29, 0.717) is 17.3 Å². The van der Waals surface area contributed by atoms with Gasteiger partial charge in [-0.3, -0.25) is 4.79 Å². The largest absolute Gasteiger partial charge is 0.478 e. The van der Waals surface area contributed by atoms with Crippen molar-refractivity contribution < 1.29 is 24.2 Å². The fraction of sp³-hybridized carbons (Fsp3) is 0.222. The number of rotatable bonds is 7. The third-order valence-corrected chi connectivity index (χ3v) is 7.04. The lowest BCUT2D eigenvalue weighted by molar-refractivity contribution is -0.116. The highest BCUT2D eigenvalue weighted by Gasteiger charge is 2.46. The van der Waals surface area contributed by atoms with E-state index in [9.17, 15) is 19.5 Å². The molecule has 8 heteroatoms. The highest BCUT2D eigenvalue weighted by Crippen LogP contribution is 2.44. The van der Waals surface area contributed by atoms with Crippen molar-refractivity contribution in [1.29, 1.82) is 0 Å². The first-order valence-corrected chi connectivity index (χ1v) is 12.1. The van der Waals surface area contributed by atoms with Gasteiger partial charge in [-0.1, -0.05) is 64.5 Å². The molecule has 0 radical (unpaired) electrons. The van der Waals surface area contributed by atoms with Crippen LogP contribution in [0.5, 0.6) is 0 Å². The van der Waals surface area contributed by atoms with Crippen molar-refractivity contribution in [2.75, 3.05) is 11.9 Å². The summed E-state index contributed by atoms with van der Waals surface area (Å²) in [5.74, 6) is -1.55. The number of ether oxygens (including phenoxy) is 1. The number of carboxylic acid groups (broad SMARTS) is 1. The highest BCUT2D eigenvalue weighted by atomic mass is 79.9. The topological polar surface area (TPSA) is 105 Å². The molecule has 2 aliphatic carbocycles. The summed E-state index contributed by atoms with van der Waals surface area (Å²) >= 11 is 3.29. The van der Waals surface area contributed by atoms with E-state index in [4.69, 9.17) is 4.74 Å². The second-order valence-electron chi connectivity index (χ2n) is 8.95. The highest BCUT2D eigenvalue weighted by molar-refractivity contribution is 9.10. The first-order chi connectivity index (χ1) is 16.8. The third-order valence-electron chi connectivity index (χ3n) is 6.55. The molecule has 1 saturated carbocycles. The predicted molar refractivity (Wildman–Crippen MR) is 135 cm³/mol. The first-order valence-electron chi connectivity index (χ1n) is 11.3. The van der Waals surface area contributed by atoms with Crippen molar-refractivity contribution in [2.45, 2.75) is 30.7 Å². The van der Waals surface area contributed by atoms with E-state index >= 15 is 0 Å². The smallest absolute Gasteiger partial charge is 0.407 e. The standard InChI is InChI=1S/C27H23BrN2O5/c28-16-9-10-21(25(32)33)23(13-16)29-24(31)14-27(11-12-27)30-26(34)35-15-22-19-7-3-1-5-17(19)18-6-2-4-8-20(18)22/h1-10,13,22H,11-12,14-15H2,(H,29,31)(H,30,34)(H,32,33). The van der Waals surface area contributed by atoms with Gasteiger partial charge in [0.15, 0.2) is 0 Å². The Morgan fingerprint density at radius 3 is 2.20 bits per heavy atom. The SMILES string of the molecule is O=C(CC1(NC(=O)OCC2c3ccccc3-c3ccccc32)CC1)Nc1cc(Br)ccc1C(=O)O. The van der Waals surface area contributed by atoms with Crippen molar-refractivity contribution in [2.24, 2.45) is 0 Å². The summed E-state index contributed by atoms with van der Waals surface area (Å²) in [4.78, 5) is 36.8. The zero-order chi connectivity index (χ0) is 24.6. The Hall–Kier alpha value is -3.65. The Kier molecular flexibility index (Phi) is 6.06. The summed E-state index contributed by atoms with van der Waals surface area (Å²) in [7, 11) is 0. The summed E-state index contributed by atoms with van der Waals surface area (Å²) < 4.78 is 6.26. The van der Waals surface area contributed by atoms with Crippen LogP contribution in [0, 0.1) is 0 Å². The molecule has 0 spiro atoms. The van der Waals surface area contributed by atoms with Crippen LogP contribution < -0.4 is 10.6 Å². The number of fused-ring (bicyclic) bond motifs is 3. The van der Waals surface area contributed by atoms with Gasteiger partial charge in [-0.2, -0.15) is 0 Å². The van der Waals surface area contributed by atoms with E-state index in [2.05, 4.69) is 50.8 Å². The molecule has 3 aromatic rings. The van der Waals surface area contributed by atoms with Crippen LogP contribution in [0.25, 0.3) is 11.1 Å². The van der Waals surface area contributed by atoms with Crippen LogP contribution in [0.15, 0.2) is 71.2 Å². The van der Waals surface area contributed by atoms with Crippen molar-refractivity contribution in [3.63, 3.8) is 0 Å². The van der Waals surface area contributed by atoms with E-state index < -0.39 is 17.6 Å². The molecule has 7 nitrogen and oxygen atoms in total. The van der Waals surface area contributed by atoms with Gasteiger partial charge >= 0.3 is 12.1 Å². The lowest BCUT2D eigenvalue weighted by Gasteiger charge is -2.19. The molecule has 35 heavy (non-hydrogen) atoms. The minimum atomic E-state index is -1.13. The molecule has 2 amide bonds. The number of anilines is 1. The summed E-state index contributed by atoms with van der Waals surface area (Å²) in [6.45, 7) is 0.197. The molecule has 0 aromatic heterocycles. The quantitative estimate of drug-likeness (QED) is 0.368. The van der Waals surface area contributed by atoms with Gasteiger partial charge in [-0.25, -0.2) is 9.59 Å². The average molecular weight is 535 g/mol. The molecular weight excluding hydrogens is 512 g/mol. The van der Waals surface area contributed by atoms with Crippen molar-refractivity contribution in [1.82, 2.24) is 5.32 Å².